The molecule has 0 spiro atoms. The van der Waals surface area contributed by atoms with Crippen LogP contribution in [0.15, 0.2) is 28.7 Å². The smallest absolute Gasteiger partial charge is 0.152 e. The highest BCUT2D eigenvalue weighted by atomic mass is 35.5. The van der Waals surface area contributed by atoms with Crippen molar-refractivity contribution in [3.05, 3.63) is 35.0 Å². The van der Waals surface area contributed by atoms with E-state index in [9.17, 15) is 0 Å². The molecule has 0 saturated heterocycles. The summed E-state index contributed by atoms with van der Waals surface area (Å²) in [6.07, 6.45) is 3.41. The van der Waals surface area contributed by atoms with Gasteiger partial charge in [0.15, 0.2) is 5.58 Å². The standard InChI is InChI=1S/C15H18ClNO/c1-9-5-6-13(17)11(7-9)14-8-10-3-2-4-12(16)15(10)18-14/h2-4,8-9,11,13H,5-7,17H2,1H3. The molecule has 3 heteroatoms. The van der Waals surface area contributed by atoms with Crippen LogP contribution < -0.4 is 5.73 Å². The normalized spacial score (nSPS) is 28.7. The van der Waals surface area contributed by atoms with E-state index in [4.69, 9.17) is 21.8 Å². The summed E-state index contributed by atoms with van der Waals surface area (Å²) in [5, 5.41) is 1.75. The van der Waals surface area contributed by atoms with Crippen molar-refractivity contribution in [2.75, 3.05) is 0 Å². The predicted octanol–water partition coefficient (Wildman–Crippen LogP) is 4.32. The Bertz CT molecular complexity index is 563. The van der Waals surface area contributed by atoms with Gasteiger partial charge in [-0.3, -0.25) is 0 Å². The van der Waals surface area contributed by atoms with Crippen molar-refractivity contribution < 1.29 is 4.42 Å². The molecular weight excluding hydrogens is 246 g/mol. The second kappa shape index (κ2) is 4.60. The number of nitrogens with two attached hydrogens (primary N) is 1. The third-order valence-electron chi connectivity index (χ3n) is 4.05. The van der Waals surface area contributed by atoms with Crippen LogP contribution in [0.1, 0.15) is 37.9 Å². The third-order valence-corrected chi connectivity index (χ3v) is 4.34. The number of hydrogen-bond donors (Lipinski definition) is 1. The summed E-state index contributed by atoms with van der Waals surface area (Å²) in [5.74, 6) is 2.05. The Morgan fingerprint density at radius 1 is 1.33 bits per heavy atom. The SMILES string of the molecule is CC1CCC(N)C(c2cc3cccc(Cl)c3o2)C1. The molecule has 0 aliphatic heterocycles. The Morgan fingerprint density at radius 3 is 2.94 bits per heavy atom. The summed E-state index contributed by atoms with van der Waals surface area (Å²) < 4.78 is 5.95. The van der Waals surface area contributed by atoms with E-state index < -0.39 is 0 Å². The van der Waals surface area contributed by atoms with Crippen molar-refractivity contribution >= 4 is 22.6 Å². The average Bonchev–Trinajstić information content (AvgIpc) is 2.77. The van der Waals surface area contributed by atoms with E-state index >= 15 is 0 Å². The summed E-state index contributed by atoms with van der Waals surface area (Å²) in [4.78, 5) is 0. The van der Waals surface area contributed by atoms with Gasteiger partial charge in [0.1, 0.15) is 5.76 Å². The summed E-state index contributed by atoms with van der Waals surface area (Å²) >= 11 is 6.15. The van der Waals surface area contributed by atoms with Crippen LogP contribution in [0.3, 0.4) is 0 Å². The van der Waals surface area contributed by atoms with Crippen LogP contribution in [0.5, 0.6) is 0 Å². The fourth-order valence-electron chi connectivity index (χ4n) is 2.96. The summed E-state index contributed by atoms with van der Waals surface area (Å²) in [6, 6.07) is 8.16. The molecule has 2 aromatic rings. The Morgan fingerprint density at radius 2 is 2.17 bits per heavy atom. The molecule has 1 aromatic carbocycles. The molecule has 3 rings (SSSR count). The number of hydrogen-bond acceptors (Lipinski definition) is 2. The molecular formula is C15H18ClNO. The van der Waals surface area contributed by atoms with Crippen LogP contribution in [-0.2, 0) is 0 Å². The fourth-order valence-corrected chi connectivity index (χ4v) is 3.18. The highest BCUT2D eigenvalue weighted by Gasteiger charge is 2.29. The van der Waals surface area contributed by atoms with Crippen molar-refractivity contribution in [3.63, 3.8) is 0 Å². The van der Waals surface area contributed by atoms with Crippen molar-refractivity contribution in [1.82, 2.24) is 0 Å². The highest BCUT2D eigenvalue weighted by molar-refractivity contribution is 6.34. The first-order valence-corrected chi connectivity index (χ1v) is 6.96. The number of furan rings is 1. The monoisotopic (exact) mass is 263 g/mol. The molecule has 3 unspecified atom stereocenters. The zero-order valence-corrected chi connectivity index (χ0v) is 11.3. The number of benzene rings is 1. The van der Waals surface area contributed by atoms with E-state index in [0.29, 0.717) is 10.9 Å². The Kier molecular flexibility index (Phi) is 3.08. The third kappa shape index (κ3) is 2.04. The highest BCUT2D eigenvalue weighted by Crippen LogP contribution is 2.38. The number of fused-ring (bicyclic) bond motifs is 1. The molecule has 1 fully saturated rings. The summed E-state index contributed by atoms with van der Waals surface area (Å²) in [5.41, 5.74) is 7.03. The largest absolute Gasteiger partial charge is 0.459 e. The molecule has 0 bridgehead atoms. The number of halogens is 1. The van der Waals surface area contributed by atoms with Crippen LogP contribution >= 0.6 is 11.6 Å². The van der Waals surface area contributed by atoms with Gasteiger partial charge in [0, 0.05) is 17.3 Å². The molecule has 18 heavy (non-hydrogen) atoms. The predicted molar refractivity (Wildman–Crippen MR) is 75.0 cm³/mol. The van der Waals surface area contributed by atoms with Crippen molar-refractivity contribution in [2.45, 2.75) is 38.1 Å². The molecule has 1 aromatic heterocycles. The lowest BCUT2D eigenvalue weighted by Crippen LogP contribution is -2.33. The van der Waals surface area contributed by atoms with Crippen molar-refractivity contribution in [1.29, 1.82) is 0 Å². The first-order chi connectivity index (χ1) is 8.65. The molecule has 0 radical (unpaired) electrons. The van der Waals surface area contributed by atoms with Gasteiger partial charge in [-0.25, -0.2) is 0 Å². The molecule has 0 amide bonds. The zero-order chi connectivity index (χ0) is 12.7. The second-order valence-electron chi connectivity index (χ2n) is 5.50. The maximum atomic E-state index is 6.24. The van der Waals surface area contributed by atoms with Crippen molar-refractivity contribution in [3.8, 4) is 0 Å². The maximum Gasteiger partial charge on any atom is 0.152 e. The van der Waals surface area contributed by atoms with E-state index in [2.05, 4.69) is 13.0 Å². The lowest BCUT2D eigenvalue weighted by atomic mass is 9.78. The van der Waals surface area contributed by atoms with E-state index in [0.717, 1.165) is 35.5 Å². The lowest BCUT2D eigenvalue weighted by Gasteiger charge is -2.31. The minimum atomic E-state index is 0.209. The van der Waals surface area contributed by atoms with E-state index in [1.54, 1.807) is 0 Å². The van der Waals surface area contributed by atoms with Gasteiger partial charge < -0.3 is 10.2 Å². The minimum absolute atomic E-state index is 0.209. The lowest BCUT2D eigenvalue weighted by molar-refractivity contribution is 0.280. The molecule has 2 N–H and O–H groups in total. The van der Waals surface area contributed by atoms with Crippen molar-refractivity contribution in [2.24, 2.45) is 11.7 Å². The summed E-state index contributed by atoms with van der Waals surface area (Å²) in [6.45, 7) is 2.29. The van der Waals surface area contributed by atoms with Crippen LogP contribution in [0, 0.1) is 5.92 Å². The van der Waals surface area contributed by atoms with Gasteiger partial charge in [-0.1, -0.05) is 30.7 Å². The van der Waals surface area contributed by atoms with Crippen LogP contribution in [0.2, 0.25) is 5.02 Å². The topological polar surface area (TPSA) is 39.2 Å². The molecule has 3 atom stereocenters. The average molecular weight is 264 g/mol. The molecule has 1 aliphatic rings. The molecule has 2 nitrogen and oxygen atoms in total. The van der Waals surface area contributed by atoms with Gasteiger partial charge >= 0.3 is 0 Å². The van der Waals surface area contributed by atoms with Crippen LogP contribution in [0.25, 0.3) is 11.0 Å². The first-order valence-electron chi connectivity index (χ1n) is 6.58. The fraction of sp³-hybridized carbons (Fsp3) is 0.467. The molecule has 1 saturated carbocycles. The van der Waals surface area contributed by atoms with Gasteiger partial charge in [0.25, 0.3) is 0 Å². The van der Waals surface area contributed by atoms with Crippen LogP contribution in [-0.4, -0.2) is 6.04 Å². The Balaban J connectivity index is 2.00. The van der Waals surface area contributed by atoms with E-state index in [-0.39, 0.29) is 6.04 Å². The number of rotatable bonds is 1. The quantitative estimate of drug-likeness (QED) is 0.832. The summed E-state index contributed by atoms with van der Waals surface area (Å²) in [7, 11) is 0. The van der Waals surface area contributed by atoms with E-state index in [1.165, 1.54) is 6.42 Å². The maximum absolute atomic E-state index is 6.24. The molecule has 1 heterocycles. The van der Waals surface area contributed by atoms with Crippen LogP contribution in [0.4, 0.5) is 0 Å². The van der Waals surface area contributed by atoms with Gasteiger partial charge in [-0.05, 0) is 37.3 Å². The molecule has 96 valence electrons. The Hall–Kier alpha value is -0.990. The second-order valence-corrected chi connectivity index (χ2v) is 5.90. The van der Waals surface area contributed by atoms with Gasteiger partial charge in [0.2, 0.25) is 0 Å². The van der Waals surface area contributed by atoms with E-state index in [1.807, 2.05) is 18.2 Å². The van der Waals surface area contributed by atoms with Gasteiger partial charge in [-0.2, -0.15) is 0 Å². The van der Waals surface area contributed by atoms with Gasteiger partial charge in [0.05, 0.1) is 5.02 Å². The minimum Gasteiger partial charge on any atom is -0.459 e. The molecule has 1 aliphatic carbocycles. The first kappa shape index (κ1) is 12.1. The Labute approximate surface area is 112 Å². The zero-order valence-electron chi connectivity index (χ0n) is 10.5. The number of para-hydroxylation sites is 1. The van der Waals surface area contributed by atoms with Gasteiger partial charge in [-0.15, -0.1) is 0 Å².